The molecule has 1 aromatic heterocycles. The molecule has 0 radical (unpaired) electrons. The zero-order chi connectivity index (χ0) is 12.0. The molecule has 1 aliphatic rings. The van der Waals surface area contributed by atoms with E-state index < -0.39 is 0 Å². The Labute approximate surface area is 98.7 Å². The second-order valence-electron chi connectivity index (χ2n) is 4.34. The lowest BCUT2D eigenvalue weighted by molar-refractivity contribution is -0.116. The Morgan fingerprint density at radius 2 is 2.35 bits per heavy atom. The van der Waals surface area contributed by atoms with Gasteiger partial charge in [-0.1, -0.05) is 6.08 Å². The molecule has 0 saturated heterocycles. The van der Waals surface area contributed by atoms with Gasteiger partial charge in [0.1, 0.15) is 5.82 Å². The molecule has 0 aliphatic carbocycles. The summed E-state index contributed by atoms with van der Waals surface area (Å²) < 4.78 is 0. The number of allylic oxidation sites excluding steroid dienone is 1. The predicted molar refractivity (Wildman–Crippen MR) is 67.0 cm³/mol. The van der Waals surface area contributed by atoms with Crippen LogP contribution in [-0.4, -0.2) is 15.9 Å². The maximum absolute atomic E-state index is 11.5. The van der Waals surface area contributed by atoms with Crippen LogP contribution in [0.15, 0.2) is 24.8 Å². The van der Waals surface area contributed by atoms with E-state index >= 15 is 0 Å². The summed E-state index contributed by atoms with van der Waals surface area (Å²) in [5, 5.41) is 2.87. The first-order valence-corrected chi connectivity index (χ1v) is 5.63. The highest BCUT2D eigenvalue weighted by Gasteiger charge is 2.27. The van der Waals surface area contributed by atoms with Gasteiger partial charge in [0, 0.05) is 12.1 Å². The van der Waals surface area contributed by atoms with E-state index in [0.717, 1.165) is 34.5 Å². The highest BCUT2D eigenvalue weighted by molar-refractivity contribution is 6.04. The van der Waals surface area contributed by atoms with Gasteiger partial charge in [0.05, 0.1) is 17.0 Å². The Hall–Kier alpha value is -2.10. The van der Waals surface area contributed by atoms with Gasteiger partial charge in [0.15, 0.2) is 0 Å². The van der Waals surface area contributed by atoms with Crippen molar-refractivity contribution in [2.45, 2.75) is 19.3 Å². The van der Waals surface area contributed by atoms with Gasteiger partial charge in [-0.05, 0) is 24.6 Å². The van der Waals surface area contributed by atoms with Gasteiger partial charge < -0.3 is 10.3 Å². The summed E-state index contributed by atoms with van der Waals surface area (Å²) in [6.45, 7) is 5.60. The van der Waals surface area contributed by atoms with Gasteiger partial charge >= 0.3 is 0 Å². The Morgan fingerprint density at radius 1 is 1.53 bits per heavy atom. The molecule has 1 aliphatic heterocycles. The fraction of sp³-hybridized carbons (Fsp3) is 0.231. The van der Waals surface area contributed by atoms with Crippen molar-refractivity contribution in [3.05, 3.63) is 36.2 Å². The van der Waals surface area contributed by atoms with Crippen molar-refractivity contribution in [1.82, 2.24) is 9.97 Å². The summed E-state index contributed by atoms with van der Waals surface area (Å²) in [6.07, 6.45) is 2.54. The van der Waals surface area contributed by atoms with Crippen LogP contribution in [0.3, 0.4) is 0 Å². The van der Waals surface area contributed by atoms with E-state index in [9.17, 15) is 4.79 Å². The summed E-state index contributed by atoms with van der Waals surface area (Å²) in [4.78, 5) is 19.2. The van der Waals surface area contributed by atoms with Crippen molar-refractivity contribution in [3.63, 3.8) is 0 Å². The molecule has 2 aromatic rings. The first-order valence-electron chi connectivity index (χ1n) is 5.63. The number of H-pyrrole nitrogens is 1. The number of imidazole rings is 1. The first-order chi connectivity index (χ1) is 8.19. The third kappa shape index (κ3) is 1.45. The summed E-state index contributed by atoms with van der Waals surface area (Å²) in [5.74, 6) is 0.866. The molecule has 2 heterocycles. The van der Waals surface area contributed by atoms with Crippen molar-refractivity contribution in [2.75, 3.05) is 5.32 Å². The van der Waals surface area contributed by atoms with Crippen LogP contribution in [0.25, 0.3) is 11.0 Å². The highest BCUT2D eigenvalue weighted by atomic mass is 16.2. The minimum absolute atomic E-state index is 0.0546. The minimum Gasteiger partial charge on any atom is -0.342 e. The summed E-state index contributed by atoms with van der Waals surface area (Å²) in [6, 6.07) is 3.93. The maximum Gasteiger partial charge on any atom is 0.231 e. The van der Waals surface area contributed by atoms with Crippen LogP contribution < -0.4 is 5.32 Å². The molecule has 4 heteroatoms. The van der Waals surface area contributed by atoms with Gasteiger partial charge in [0.25, 0.3) is 0 Å². The molecule has 1 amide bonds. The summed E-state index contributed by atoms with van der Waals surface area (Å²) >= 11 is 0. The monoisotopic (exact) mass is 227 g/mol. The fourth-order valence-corrected chi connectivity index (χ4v) is 2.21. The lowest BCUT2D eigenvalue weighted by Gasteiger charge is -1.99. The molecular formula is C13H13N3O. The SMILES string of the molecule is C=CCc1nc2cc3c(cc2[nH]1)NC(=O)C3C. The highest BCUT2D eigenvalue weighted by Crippen LogP contribution is 2.34. The molecule has 4 nitrogen and oxygen atoms in total. The van der Waals surface area contributed by atoms with Crippen molar-refractivity contribution in [1.29, 1.82) is 0 Å². The second-order valence-corrected chi connectivity index (χ2v) is 4.34. The minimum atomic E-state index is -0.0889. The van der Waals surface area contributed by atoms with E-state index in [1.165, 1.54) is 0 Å². The lowest BCUT2D eigenvalue weighted by atomic mass is 10.0. The number of nitrogens with zero attached hydrogens (tertiary/aromatic N) is 1. The van der Waals surface area contributed by atoms with Gasteiger partial charge in [-0.15, -0.1) is 6.58 Å². The number of aromatic nitrogens is 2. The molecule has 1 unspecified atom stereocenters. The van der Waals surface area contributed by atoms with E-state index in [1.54, 1.807) is 0 Å². The van der Waals surface area contributed by atoms with Crippen LogP contribution in [0.5, 0.6) is 0 Å². The zero-order valence-electron chi connectivity index (χ0n) is 9.58. The molecule has 0 bridgehead atoms. The van der Waals surface area contributed by atoms with Crippen LogP contribution in [0.2, 0.25) is 0 Å². The zero-order valence-corrected chi connectivity index (χ0v) is 9.58. The number of carbonyl (C=O) groups is 1. The molecule has 3 rings (SSSR count). The van der Waals surface area contributed by atoms with E-state index in [-0.39, 0.29) is 11.8 Å². The molecule has 0 spiro atoms. The summed E-state index contributed by atoms with van der Waals surface area (Å²) in [7, 11) is 0. The maximum atomic E-state index is 11.5. The van der Waals surface area contributed by atoms with Gasteiger partial charge in [-0.3, -0.25) is 4.79 Å². The lowest BCUT2D eigenvalue weighted by Crippen LogP contribution is -2.08. The third-order valence-electron chi connectivity index (χ3n) is 3.16. The topological polar surface area (TPSA) is 57.8 Å². The molecule has 17 heavy (non-hydrogen) atoms. The van der Waals surface area contributed by atoms with Crippen molar-refractivity contribution >= 4 is 22.6 Å². The number of anilines is 1. The average molecular weight is 227 g/mol. The third-order valence-corrected chi connectivity index (χ3v) is 3.16. The Balaban J connectivity index is 2.16. The molecule has 1 aromatic carbocycles. The molecule has 0 fully saturated rings. The smallest absolute Gasteiger partial charge is 0.231 e. The van der Waals surface area contributed by atoms with E-state index in [2.05, 4.69) is 21.9 Å². The predicted octanol–water partition coefficient (Wildman–Crippen LogP) is 2.35. The van der Waals surface area contributed by atoms with Crippen molar-refractivity contribution in [2.24, 2.45) is 0 Å². The van der Waals surface area contributed by atoms with E-state index in [1.807, 2.05) is 25.1 Å². The second kappa shape index (κ2) is 3.45. The number of hydrogen-bond donors (Lipinski definition) is 2. The number of benzene rings is 1. The van der Waals surface area contributed by atoms with Crippen LogP contribution in [0.4, 0.5) is 5.69 Å². The van der Waals surface area contributed by atoms with E-state index in [0.29, 0.717) is 0 Å². The van der Waals surface area contributed by atoms with Gasteiger partial charge in [0.2, 0.25) is 5.91 Å². The number of fused-ring (bicyclic) bond motifs is 2. The quantitative estimate of drug-likeness (QED) is 0.774. The molecular weight excluding hydrogens is 214 g/mol. The standard InChI is InChI=1S/C13H13N3O/c1-3-4-12-14-10-5-8-7(2)13(17)16-9(8)6-11(10)15-12/h3,5-7H,1,4H2,2H3,(H,14,15)(H,16,17). The number of nitrogens with one attached hydrogen (secondary N) is 2. The van der Waals surface area contributed by atoms with E-state index in [4.69, 9.17) is 0 Å². The molecule has 1 atom stereocenters. The molecule has 86 valence electrons. The number of amides is 1. The summed E-state index contributed by atoms with van der Waals surface area (Å²) in [5.41, 5.74) is 3.78. The number of hydrogen-bond acceptors (Lipinski definition) is 2. The van der Waals surface area contributed by atoms with Crippen molar-refractivity contribution < 1.29 is 4.79 Å². The Bertz CT molecular complexity index is 627. The van der Waals surface area contributed by atoms with Crippen LogP contribution in [0.1, 0.15) is 24.2 Å². The van der Waals surface area contributed by atoms with Crippen LogP contribution >= 0.6 is 0 Å². The Kier molecular flexibility index (Phi) is 2.04. The first kappa shape index (κ1) is 10.1. The van der Waals surface area contributed by atoms with Gasteiger partial charge in [-0.2, -0.15) is 0 Å². The van der Waals surface area contributed by atoms with Gasteiger partial charge in [-0.25, -0.2) is 4.98 Å². The Morgan fingerprint density at radius 3 is 3.12 bits per heavy atom. The number of aromatic amines is 1. The van der Waals surface area contributed by atoms with Crippen molar-refractivity contribution in [3.8, 4) is 0 Å². The normalized spacial score (nSPS) is 18.2. The largest absolute Gasteiger partial charge is 0.342 e. The number of rotatable bonds is 2. The van der Waals surface area contributed by atoms with Crippen LogP contribution in [-0.2, 0) is 11.2 Å². The molecule has 0 saturated carbocycles. The van der Waals surface area contributed by atoms with Crippen LogP contribution in [0, 0.1) is 0 Å². The number of carbonyl (C=O) groups excluding carboxylic acids is 1. The fourth-order valence-electron chi connectivity index (χ4n) is 2.21. The molecule has 2 N–H and O–H groups in total. The average Bonchev–Trinajstić information content (AvgIpc) is 2.79.